The third-order valence-corrected chi connectivity index (χ3v) is 5.05. The smallest absolute Gasteiger partial charge is 0.267 e. The Bertz CT molecular complexity index is 314. The number of hydrogen-bond donors (Lipinski definition) is 2. The van der Waals surface area contributed by atoms with Crippen LogP contribution in [0.5, 0.6) is 0 Å². The molecule has 20 heavy (non-hydrogen) atoms. The molecule has 0 radical (unpaired) electrons. The molecule has 5 heteroatoms. The van der Waals surface area contributed by atoms with Gasteiger partial charge >= 0.3 is 0 Å². The van der Waals surface area contributed by atoms with Crippen LogP contribution < -0.4 is 0 Å². The van der Waals surface area contributed by atoms with Crippen LogP contribution in [-0.4, -0.2) is 29.4 Å². The van der Waals surface area contributed by atoms with E-state index in [1.54, 1.807) is 0 Å². The van der Waals surface area contributed by atoms with Gasteiger partial charge in [-0.25, -0.2) is 0 Å². The van der Waals surface area contributed by atoms with Crippen molar-refractivity contribution < 1.29 is 18.1 Å². The predicted octanol–water partition coefficient (Wildman–Crippen LogP) is 3.93. The Labute approximate surface area is 124 Å². The average molecular weight is 308 g/mol. The lowest BCUT2D eigenvalue weighted by molar-refractivity contribution is 0.150. The number of aliphatic hydroxyl groups excluding tert-OH is 1. The second kappa shape index (κ2) is 11.5. The maximum atomic E-state index is 11.2. The minimum Gasteiger partial charge on any atom is -0.393 e. The van der Waals surface area contributed by atoms with E-state index >= 15 is 0 Å². The summed E-state index contributed by atoms with van der Waals surface area (Å²) in [5.74, 6) is 0. The standard InChI is InChI=1S/C15H32O4S/c1-3-5-12-15(20(17,18)19)13-9-7-6-8-11-14(16)10-4-2/h14-16H,3-13H2,1-2H3,(H,17,18,19). The molecule has 0 aliphatic heterocycles. The highest BCUT2D eigenvalue weighted by Crippen LogP contribution is 2.18. The van der Waals surface area contributed by atoms with Crippen LogP contribution in [0.2, 0.25) is 0 Å². The van der Waals surface area contributed by atoms with Crippen LogP contribution in [0.15, 0.2) is 0 Å². The number of rotatable bonds is 13. The van der Waals surface area contributed by atoms with Crippen molar-refractivity contribution in [3.8, 4) is 0 Å². The Kier molecular flexibility index (Phi) is 11.4. The Morgan fingerprint density at radius 2 is 1.35 bits per heavy atom. The first kappa shape index (κ1) is 19.9. The van der Waals surface area contributed by atoms with Gasteiger partial charge in [-0.3, -0.25) is 4.55 Å². The van der Waals surface area contributed by atoms with Gasteiger partial charge in [0.25, 0.3) is 10.1 Å². The highest BCUT2D eigenvalue weighted by Gasteiger charge is 2.21. The van der Waals surface area contributed by atoms with Gasteiger partial charge in [0.15, 0.2) is 0 Å². The molecule has 0 aromatic rings. The first-order valence-electron chi connectivity index (χ1n) is 8.06. The zero-order valence-electron chi connectivity index (χ0n) is 13.1. The van der Waals surface area contributed by atoms with Crippen LogP contribution in [0.25, 0.3) is 0 Å². The summed E-state index contributed by atoms with van der Waals surface area (Å²) in [6.07, 6.45) is 9.24. The summed E-state index contributed by atoms with van der Waals surface area (Å²) in [6.45, 7) is 4.08. The van der Waals surface area contributed by atoms with Crippen molar-refractivity contribution >= 4 is 10.1 Å². The summed E-state index contributed by atoms with van der Waals surface area (Å²) >= 11 is 0. The molecule has 0 heterocycles. The van der Waals surface area contributed by atoms with E-state index in [9.17, 15) is 18.1 Å². The van der Waals surface area contributed by atoms with Crippen molar-refractivity contribution in [2.45, 2.75) is 95.8 Å². The van der Waals surface area contributed by atoms with Crippen LogP contribution in [0.3, 0.4) is 0 Å². The monoisotopic (exact) mass is 308 g/mol. The quantitative estimate of drug-likeness (QED) is 0.399. The average Bonchev–Trinajstić information content (AvgIpc) is 2.35. The van der Waals surface area contributed by atoms with Gasteiger partial charge in [-0.2, -0.15) is 8.42 Å². The molecule has 0 spiro atoms. The van der Waals surface area contributed by atoms with Gasteiger partial charge in [-0.1, -0.05) is 58.8 Å². The summed E-state index contributed by atoms with van der Waals surface area (Å²) in [6, 6.07) is 0. The minimum atomic E-state index is -3.89. The zero-order chi connectivity index (χ0) is 15.4. The second-order valence-corrected chi connectivity index (χ2v) is 7.41. The molecule has 0 aromatic carbocycles. The maximum absolute atomic E-state index is 11.2. The third-order valence-electron chi connectivity index (χ3n) is 3.74. The molecule has 0 rings (SSSR count). The van der Waals surface area contributed by atoms with Crippen LogP contribution in [0.1, 0.15) is 84.5 Å². The van der Waals surface area contributed by atoms with Crippen LogP contribution in [0.4, 0.5) is 0 Å². The van der Waals surface area contributed by atoms with Gasteiger partial charge in [0.05, 0.1) is 11.4 Å². The lowest BCUT2D eigenvalue weighted by Crippen LogP contribution is -2.20. The van der Waals surface area contributed by atoms with E-state index in [2.05, 4.69) is 6.92 Å². The first-order chi connectivity index (χ1) is 9.41. The largest absolute Gasteiger partial charge is 0.393 e. The summed E-state index contributed by atoms with van der Waals surface area (Å²) < 4.78 is 31.7. The molecular weight excluding hydrogens is 276 g/mol. The molecule has 0 bridgehead atoms. The molecule has 0 amide bonds. The fourth-order valence-electron chi connectivity index (χ4n) is 2.46. The van der Waals surface area contributed by atoms with Crippen molar-refractivity contribution in [2.24, 2.45) is 0 Å². The Morgan fingerprint density at radius 3 is 1.85 bits per heavy atom. The normalized spacial score (nSPS) is 15.2. The third kappa shape index (κ3) is 10.6. The van der Waals surface area contributed by atoms with Crippen molar-refractivity contribution in [2.75, 3.05) is 0 Å². The van der Waals surface area contributed by atoms with E-state index in [1.165, 1.54) is 0 Å². The molecule has 0 aliphatic carbocycles. The number of hydrogen-bond acceptors (Lipinski definition) is 3. The molecule has 0 saturated carbocycles. The van der Waals surface area contributed by atoms with Crippen molar-refractivity contribution in [1.82, 2.24) is 0 Å². The molecule has 0 aliphatic rings. The number of aliphatic hydroxyl groups is 1. The predicted molar refractivity (Wildman–Crippen MR) is 83.5 cm³/mol. The fourth-order valence-corrected chi connectivity index (χ4v) is 3.39. The van der Waals surface area contributed by atoms with E-state index in [-0.39, 0.29) is 6.10 Å². The first-order valence-corrected chi connectivity index (χ1v) is 9.56. The van der Waals surface area contributed by atoms with Gasteiger partial charge in [-0.15, -0.1) is 0 Å². The fraction of sp³-hybridized carbons (Fsp3) is 1.00. The minimum absolute atomic E-state index is 0.185. The van der Waals surface area contributed by atoms with Gasteiger partial charge in [0.1, 0.15) is 0 Å². The Hall–Kier alpha value is -0.130. The second-order valence-electron chi connectivity index (χ2n) is 5.71. The van der Waals surface area contributed by atoms with Crippen molar-refractivity contribution in [1.29, 1.82) is 0 Å². The number of unbranched alkanes of at least 4 members (excludes halogenated alkanes) is 4. The molecule has 2 N–H and O–H groups in total. The summed E-state index contributed by atoms with van der Waals surface area (Å²) in [5.41, 5.74) is 0. The van der Waals surface area contributed by atoms with E-state index in [0.29, 0.717) is 12.8 Å². The van der Waals surface area contributed by atoms with Crippen LogP contribution in [-0.2, 0) is 10.1 Å². The summed E-state index contributed by atoms with van der Waals surface area (Å²) in [5, 5.41) is 9.00. The molecular formula is C15H32O4S. The molecule has 2 unspecified atom stereocenters. The summed E-state index contributed by atoms with van der Waals surface area (Å²) in [7, 11) is -3.89. The lowest BCUT2D eigenvalue weighted by atomic mass is 10.0. The Morgan fingerprint density at radius 1 is 0.800 bits per heavy atom. The zero-order valence-corrected chi connectivity index (χ0v) is 13.9. The van der Waals surface area contributed by atoms with Crippen molar-refractivity contribution in [3.63, 3.8) is 0 Å². The molecule has 0 saturated heterocycles. The Balaban J connectivity index is 3.74. The van der Waals surface area contributed by atoms with Gasteiger partial charge in [0, 0.05) is 0 Å². The highest BCUT2D eigenvalue weighted by molar-refractivity contribution is 7.86. The van der Waals surface area contributed by atoms with E-state index in [4.69, 9.17) is 0 Å². The molecule has 4 nitrogen and oxygen atoms in total. The SMILES string of the molecule is CCCCC(CCCCCCC(O)CCC)S(=O)(=O)O. The molecule has 2 atom stereocenters. The maximum Gasteiger partial charge on any atom is 0.267 e. The van der Waals surface area contributed by atoms with Gasteiger partial charge in [0.2, 0.25) is 0 Å². The van der Waals surface area contributed by atoms with Crippen LogP contribution in [0, 0.1) is 0 Å². The highest BCUT2D eigenvalue weighted by atomic mass is 32.2. The van der Waals surface area contributed by atoms with E-state index < -0.39 is 15.4 Å². The molecule has 0 aromatic heterocycles. The van der Waals surface area contributed by atoms with Gasteiger partial charge in [-0.05, 0) is 25.7 Å². The van der Waals surface area contributed by atoms with E-state index in [0.717, 1.165) is 57.8 Å². The topological polar surface area (TPSA) is 74.6 Å². The summed E-state index contributed by atoms with van der Waals surface area (Å²) in [4.78, 5) is 0. The van der Waals surface area contributed by atoms with E-state index in [1.807, 2.05) is 6.92 Å². The lowest BCUT2D eigenvalue weighted by Gasteiger charge is -2.13. The van der Waals surface area contributed by atoms with Crippen LogP contribution >= 0.6 is 0 Å². The molecule has 122 valence electrons. The molecule has 0 fully saturated rings. The van der Waals surface area contributed by atoms with Gasteiger partial charge < -0.3 is 5.11 Å². The van der Waals surface area contributed by atoms with Crippen molar-refractivity contribution in [3.05, 3.63) is 0 Å².